The molecule has 1 aromatic rings. The van der Waals surface area contributed by atoms with Gasteiger partial charge in [0.2, 0.25) is 0 Å². The van der Waals surface area contributed by atoms with Gasteiger partial charge in [0.05, 0.1) is 10.4 Å². The number of thiophene rings is 1. The normalized spacial score (nSPS) is 20.5. The van der Waals surface area contributed by atoms with Crippen molar-refractivity contribution in [3.8, 4) is 0 Å². The third-order valence-corrected chi connectivity index (χ3v) is 4.60. The Balaban J connectivity index is 2.13. The van der Waals surface area contributed by atoms with E-state index in [-0.39, 0.29) is 5.38 Å². The molecule has 0 N–H and O–H groups in total. The molecule has 1 aromatic heterocycles. The molecule has 0 aromatic carbocycles. The lowest BCUT2D eigenvalue weighted by molar-refractivity contribution is 0.307. The molecule has 1 atom stereocenters. The van der Waals surface area contributed by atoms with Crippen LogP contribution in [0.4, 0.5) is 0 Å². The molecule has 0 nitrogen and oxygen atoms in total. The molecule has 0 bridgehead atoms. The van der Waals surface area contributed by atoms with Crippen molar-refractivity contribution in [2.75, 3.05) is 0 Å². The van der Waals surface area contributed by atoms with Gasteiger partial charge < -0.3 is 0 Å². The van der Waals surface area contributed by atoms with E-state index in [4.69, 9.17) is 23.2 Å². The first-order valence-corrected chi connectivity index (χ1v) is 5.85. The van der Waals surface area contributed by atoms with E-state index >= 15 is 0 Å². The minimum absolute atomic E-state index is 0.159. The van der Waals surface area contributed by atoms with Gasteiger partial charge in [0, 0.05) is 4.88 Å². The topological polar surface area (TPSA) is 0 Å². The van der Waals surface area contributed by atoms with E-state index < -0.39 is 0 Å². The Hall–Kier alpha value is 0.280. The molecular weight excluding hydrogens is 211 g/mol. The van der Waals surface area contributed by atoms with Crippen molar-refractivity contribution in [3.05, 3.63) is 21.3 Å². The second-order valence-electron chi connectivity index (χ2n) is 3.23. The van der Waals surface area contributed by atoms with Gasteiger partial charge in [-0.2, -0.15) is 0 Å². The highest BCUT2D eigenvalue weighted by Gasteiger charge is 2.28. The molecule has 1 fully saturated rings. The van der Waals surface area contributed by atoms with Crippen LogP contribution in [0.5, 0.6) is 0 Å². The van der Waals surface area contributed by atoms with Crippen molar-refractivity contribution in [1.82, 2.24) is 0 Å². The van der Waals surface area contributed by atoms with Crippen LogP contribution in [0.15, 0.2) is 11.4 Å². The predicted molar refractivity (Wildman–Crippen MR) is 55.3 cm³/mol. The average Bonchev–Trinajstić information content (AvgIpc) is 2.31. The summed E-state index contributed by atoms with van der Waals surface area (Å²) in [5.74, 6) is 0.669. The quantitative estimate of drug-likeness (QED) is 0.646. The van der Waals surface area contributed by atoms with Gasteiger partial charge in [-0.3, -0.25) is 0 Å². The summed E-state index contributed by atoms with van der Waals surface area (Å²) in [6, 6.07) is 1.93. The molecule has 0 saturated heterocycles. The van der Waals surface area contributed by atoms with E-state index in [9.17, 15) is 0 Å². The Kier molecular flexibility index (Phi) is 2.63. The van der Waals surface area contributed by atoms with Crippen LogP contribution in [-0.2, 0) is 0 Å². The summed E-state index contributed by atoms with van der Waals surface area (Å²) in [4.78, 5) is 1.16. The summed E-state index contributed by atoms with van der Waals surface area (Å²) in [6.45, 7) is 0. The molecule has 0 amide bonds. The largest absolute Gasteiger partial charge is 0.146 e. The number of hydrogen-bond acceptors (Lipinski definition) is 1. The number of halogens is 2. The smallest absolute Gasteiger partial charge is 0.0721 e. The van der Waals surface area contributed by atoms with E-state index in [1.54, 1.807) is 11.3 Å². The molecule has 0 aliphatic heterocycles. The molecule has 1 aliphatic carbocycles. The van der Waals surface area contributed by atoms with Crippen molar-refractivity contribution < 1.29 is 0 Å². The van der Waals surface area contributed by atoms with Crippen molar-refractivity contribution in [2.24, 2.45) is 5.92 Å². The number of rotatable bonds is 2. The second kappa shape index (κ2) is 3.57. The van der Waals surface area contributed by atoms with Crippen LogP contribution >= 0.6 is 34.5 Å². The van der Waals surface area contributed by atoms with E-state index in [0.717, 1.165) is 9.90 Å². The summed E-state index contributed by atoms with van der Waals surface area (Å²) in [6.07, 6.45) is 3.86. The summed E-state index contributed by atoms with van der Waals surface area (Å²) in [5, 5.41) is 3.00. The Morgan fingerprint density at radius 1 is 1.50 bits per heavy atom. The van der Waals surface area contributed by atoms with Gasteiger partial charge in [0.25, 0.3) is 0 Å². The van der Waals surface area contributed by atoms with Crippen LogP contribution < -0.4 is 0 Å². The molecule has 1 unspecified atom stereocenters. The van der Waals surface area contributed by atoms with Crippen LogP contribution in [0.3, 0.4) is 0 Å². The summed E-state index contributed by atoms with van der Waals surface area (Å²) in [5.41, 5.74) is 0. The zero-order chi connectivity index (χ0) is 8.55. The van der Waals surface area contributed by atoms with Gasteiger partial charge >= 0.3 is 0 Å². The van der Waals surface area contributed by atoms with Crippen LogP contribution in [-0.4, -0.2) is 0 Å². The SMILES string of the molecule is Clc1ccsc1C(Cl)C1CCC1. The van der Waals surface area contributed by atoms with Crippen LogP contribution in [0.25, 0.3) is 0 Å². The minimum Gasteiger partial charge on any atom is -0.146 e. The van der Waals surface area contributed by atoms with Gasteiger partial charge in [0.15, 0.2) is 0 Å². The van der Waals surface area contributed by atoms with E-state index in [1.165, 1.54) is 19.3 Å². The zero-order valence-electron chi connectivity index (χ0n) is 6.59. The summed E-state index contributed by atoms with van der Waals surface area (Å²) >= 11 is 13.9. The fraction of sp³-hybridized carbons (Fsp3) is 0.556. The van der Waals surface area contributed by atoms with Crippen LogP contribution in [0.1, 0.15) is 29.5 Å². The molecule has 0 radical (unpaired) electrons. The van der Waals surface area contributed by atoms with Crippen molar-refractivity contribution in [1.29, 1.82) is 0 Å². The Morgan fingerprint density at radius 3 is 2.67 bits per heavy atom. The molecular formula is C9H10Cl2S. The van der Waals surface area contributed by atoms with E-state index in [1.807, 2.05) is 11.4 Å². The molecule has 1 heterocycles. The Morgan fingerprint density at radius 2 is 2.25 bits per heavy atom. The molecule has 66 valence electrons. The maximum absolute atomic E-state index is 6.28. The zero-order valence-corrected chi connectivity index (χ0v) is 8.92. The van der Waals surface area contributed by atoms with E-state index in [0.29, 0.717) is 5.92 Å². The molecule has 3 heteroatoms. The number of alkyl halides is 1. The van der Waals surface area contributed by atoms with Gasteiger partial charge in [-0.1, -0.05) is 18.0 Å². The fourth-order valence-corrected chi connectivity index (χ4v) is 3.27. The highest BCUT2D eigenvalue weighted by atomic mass is 35.5. The maximum Gasteiger partial charge on any atom is 0.0721 e. The lowest BCUT2D eigenvalue weighted by atomic mass is 9.82. The van der Waals surface area contributed by atoms with Crippen molar-refractivity contribution in [3.63, 3.8) is 0 Å². The number of hydrogen-bond donors (Lipinski definition) is 0. The molecule has 1 saturated carbocycles. The first-order chi connectivity index (χ1) is 5.79. The van der Waals surface area contributed by atoms with Gasteiger partial charge in [0.1, 0.15) is 0 Å². The fourth-order valence-electron chi connectivity index (χ4n) is 1.45. The van der Waals surface area contributed by atoms with Crippen molar-refractivity contribution >= 4 is 34.5 Å². The third kappa shape index (κ3) is 1.50. The van der Waals surface area contributed by atoms with Gasteiger partial charge in [-0.05, 0) is 30.2 Å². The van der Waals surface area contributed by atoms with Gasteiger partial charge in [-0.25, -0.2) is 0 Å². The first kappa shape index (κ1) is 8.86. The standard InChI is InChI=1S/C9H10Cl2S/c10-7-4-5-12-9(7)8(11)6-2-1-3-6/h4-6,8H,1-3H2. The lowest BCUT2D eigenvalue weighted by Crippen LogP contribution is -2.15. The first-order valence-electron chi connectivity index (χ1n) is 4.16. The van der Waals surface area contributed by atoms with Crippen LogP contribution in [0.2, 0.25) is 5.02 Å². The maximum atomic E-state index is 6.28. The average molecular weight is 221 g/mol. The molecule has 2 rings (SSSR count). The Bertz CT molecular complexity index is 265. The van der Waals surface area contributed by atoms with Crippen molar-refractivity contribution in [2.45, 2.75) is 24.6 Å². The molecule has 12 heavy (non-hydrogen) atoms. The lowest BCUT2D eigenvalue weighted by Gasteiger charge is -2.29. The monoisotopic (exact) mass is 220 g/mol. The van der Waals surface area contributed by atoms with E-state index in [2.05, 4.69) is 0 Å². The second-order valence-corrected chi connectivity index (χ2v) is 5.05. The predicted octanol–water partition coefficient (Wildman–Crippen LogP) is 4.48. The third-order valence-electron chi connectivity index (χ3n) is 2.46. The van der Waals surface area contributed by atoms with Gasteiger partial charge in [-0.15, -0.1) is 22.9 Å². The summed E-state index contributed by atoms with van der Waals surface area (Å²) < 4.78 is 0. The highest BCUT2D eigenvalue weighted by molar-refractivity contribution is 7.11. The molecule has 1 aliphatic rings. The van der Waals surface area contributed by atoms with Crippen LogP contribution in [0, 0.1) is 5.92 Å². The Labute approximate surface area is 86.5 Å². The minimum atomic E-state index is 0.159. The molecule has 0 spiro atoms. The highest BCUT2D eigenvalue weighted by Crippen LogP contribution is 2.45. The summed E-state index contributed by atoms with van der Waals surface area (Å²) in [7, 11) is 0.